The topological polar surface area (TPSA) is 15.3 Å². The van der Waals surface area contributed by atoms with Crippen molar-refractivity contribution in [1.82, 2.24) is 10.2 Å². The Morgan fingerprint density at radius 2 is 1.89 bits per heavy atom. The van der Waals surface area contributed by atoms with E-state index in [1.165, 1.54) is 30.4 Å². The van der Waals surface area contributed by atoms with Crippen LogP contribution in [0, 0.1) is 0 Å². The molecule has 1 aliphatic rings. The molecule has 1 aromatic rings. The molecular weight excluding hydrogens is 220 g/mol. The molecule has 0 amide bonds. The first kappa shape index (κ1) is 13.6. The standard InChI is InChI=1S/C16H26N2/c1-4-13(2)18(3)10-9-17-16-11-14-7-5-6-8-15(14)12-16/h5-8,13,16-17H,4,9-12H2,1-3H3. The van der Waals surface area contributed by atoms with E-state index in [2.05, 4.69) is 55.4 Å². The zero-order valence-electron chi connectivity index (χ0n) is 11.9. The smallest absolute Gasteiger partial charge is 0.0149 e. The third-order valence-electron chi connectivity index (χ3n) is 4.29. The van der Waals surface area contributed by atoms with Gasteiger partial charge in [-0.2, -0.15) is 0 Å². The summed E-state index contributed by atoms with van der Waals surface area (Å²) in [6.45, 7) is 6.79. The predicted octanol–water partition coefficient (Wildman–Crippen LogP) is 2.47. The van der Waals surface area contributed by atoms with Crippen LogP contribution in [0.5, 0.6) is 0 Å². The van der Waals surface area contributed by atoms with Gasteiger partial charge in [0, 0.05) is 25.2 Å². The second-order valence-electron chi connectivity index (χ2n) is 5.57. The lowest BCUT2D eigenvalue weighted by molar-refractivity contribution is 0.248. The molecule has 2 rings (SSSR count). The van der Waals surface area contributed by atoms with Gasteiger partial charge >= 0.3 is 0 Å². The lowest BCUT2D eigenvalue weighted by Gasteiger charge is -2.24. The summed E-state index contributed by atoms with van der Waals surface area (Å²) in [5.74, 6) is 0. The zero-order valence-corrected chi connectivity index (χ0v) is 11.9. The first-order valence-corrected chi connectivity index (χ1v) is 7.21. The van der Waals surface area contributed by atoms with Crippen molar-refractivity contribution in [2.24, 2.45) is 0 Å². The van der Waals surface area contributed by atoms with Gasteiger partial charge in [0.15, 0.2) is 0 Å². The SMILES string of the molecule is CCC(C)N(C)CCNC1Cc2ccccc2C1. The average Bonchev–Trinajstić information content (AvgIpc) is 2.80. The van der Waals surface area contributed by atoms with E-state index >= 15 is 0 Å². The molecule has 0 saturated heterocycles. The number of hydrogen-bond donors (Lipinski definition) is 1. The Labute approximate surface area is 111 Å². The molecule has 2 heteroatoms. The minimum absolute atomic E-state index is 0.646. The van der Waals surface area contributed by atoms with E-state index in [0.717, 1.165) is 13.1 Å². The molecule has 0 heterocycles. The van der Waals surface area contributed by atoms with E-state index in [9.17, 15) is 0 Å². The van der Waals surface area contributed by atoms with Crippen molar-refractivity contribution in [3.05, 3.63) is 35.4 Å². The van der Waals surface area contributed by atoms with Crippen LogP contribution in [0.4, 0.5) is 0 Å². The number of fused-ring (bicyclic) bond motifs is 1. The number of benzene rings is 1. The lowest BCUT2D eigenvalue weighted by Crippen LogP contribution is -2.39. The first-order valence-electron chi connectivity index (χ1n) is 7.21. The minimum atomic E-state index is 0.646. The summed E-state index contributed by atoms with van der Waals surface area (Å²) in [5.41, 5.74) is 3.07. The van der Waals surface area contributed by atoms with E-state index < -0.39 is 0 Å². The van der Waals surface area contributed by atoms with Gasteiger partial charge in [-0.15, -0.1) is 0 Å². The van der Waals surface area contributed by atoms with Crippen LogP contribution in [-0.2, 0) is 12.8 Å². The highest BCUT2D eigenvalue weighted by molar-refractivity contribution is 5.33. The van der Waals surface area contributed by atoms with Crippen LogP contribution in [0.3, 0.4) is 0 Å². The molecule has 2 nitrogen and oxygen atoms in total. The summed E-state index contributed by atoms with van der Waals surface area (Å²) in [7, 11) is 2.22. The number of nitrogens with zero attached hydrogens (tertiary/aromatic N) is 1. The number of hydrogen-bond acceptors (Lipinski definition) is 2. The van der Waals surface area contributed by atoms with Crippen LogP contribution >= 0.6 is 0 Å². The number of rotatable bonds is 6. The van der Waals surface area contributed by atoms with Crippen molar-refractivity contribution in [2.75, 3.05) is 20.1 Å². The maximum absolute atomic E-state index is 3.70. The summed E-state index contributed by atoms with van der Waals surface area (Å²) >= 11 is 0. The maximum Gasteiger partial charge on any atom is 0.0149 e. The summed E-state index contributed by atoms with van der Waals surface area (Å²) in [5, 5.41) is 3.70. The fourth-order valence-corrected chi connectivity index (χ4v) is 2.68. The van der Waals surface area contributed by atoms with Gasteiger partial charge in [0.1, 0.15) is 0 Å². The highest BCUT2D eigenvalue weighted by atomic mass is 15.1. The van der Waals surface area contributed by atoms with Gasteiger partial charge in [-0.3, -0.25) is 0 Å². The molecule has 0 bridgehead atoms. The zero-order chi connectivity index (χ0) is 13.0. The van der Waals surface area contributed by atoms with Gasteiger partial charge in [-0.1, -0.05) is 31.2 Å². The third kappa shape index (κ3) is 3.33. The largest absolute Gasteiger partial charge is 0.312 e. The molecule has 1 aromatic carbocycles. The minimum Gasteiger partial charge on any atom is -0.312 e. The van der Waals surface area contributed by atoms with Gasteiger partial charge in [-0.05, 0) is 44.4 Å². The molecule has 1 aliphatic carbocycles. The van der Waals surface area contributed by atoms with E-state index in [4.69, 9.17) is 0 Å². The normalized spacial score (nSPS) is 17.1. The Morgan fingerprint density at radius 3 is 2.44 bits per heavy atom. The first-order chi connectivity index (χ1) is 8.70. The van der Waals surface area contributed by atoms with Gasteiger partial charge in [-0.25, -0.2) is 0 Å². The molecule has 1 atom stereocenters. The second-order valence-corrected chi connectivity index (χ2v) is 5.57. The van der Waals surface area contributed by atoms with Gasteiger partial charge in [0.05, 0.1) is 0 Å². The molecular formula is C16H26N2. The maximum atomic E-state index is 3.70. The Kier molecular flexibility index (Phi) is 4.79. The molecule has 0 radical (unpaired) electrons. The molecule has 0 aliphatic heterocycles. The van der Waals surface area contributed by atoms with Crippen LogP contribution in [0.15, 0.2) is 24.3 Å². The molecule has 100 valence electrons. The van der Waals surface area contributed by atoms with Gasteiger partial charge < -0.3 is 10.2 Å². The van der Waals surface area contributed by atoms with Crippen molar-refractivity contribution < 1.29 is 0 Å². The Bertz CT molecular complexity index is 350. The second kappa shape index (κ2) is 6.35. The lowest BCUT2D eigenvalue weighted by atomic mass is 10.1. The van der Waals surface area contributed by atoms with Crippen LogP contribution in [-0.4, -0.2) is 37.1 Å². The monoisotopic (exact) mass is 246 g/mol. The van der Waals surface area contributed by atoms with Crippen molar-refractivity contribution >= 4 is 0 Å². The molecule has 0 aromatic heterocycles. The number of nitrogens with one attached hydrogen (secondary N) is 1. The molecule has 1 unspecified atom stereocenters. The molecule has 0 saturated carbocycles. The Hall–Kier alpha value is -0.860. The molecule has 18 heavy (non-hydrogen) atoms. The van der Waals surface area contributed by atoms with Gasteiger partial charge in [0.25, 0.3) is 0 Å². The van der Waals surface area contributed by atoms with Crippen molar-refractivity contribution in [2.45, 2.75) is 45.2 Å². The highest BCUT2D eigenvalue weighted by Gasteiger charge is 2.20. The highest BCUT2D eigenvalue weighted by Crippen LogP contribution is 2.21. The Morgan fingerprint density at radius 1 is 1.28 bits per heavy atom. The van der Waals surface area contributed by atoms with Crippen LogP contribution < -0.4 is 5.32 Å². The summed E-state index contributed by atoms with van der Waals surface area (Å²) in [6, 6.07) is 10.2. The number of likely N-dealkylation sites (N-methyl/N-ethyl adjacent to an activating group) is 1. The molecule has 0 fully saturated rings. The van der Waals surface area contributed by atoms with E-state index in [1.54, 1.807) is 0 Å². The average molecular weight is 246 g/mol. The quantitative estimate of drug-likeness (QED) is 0.829. The van der Waals surface area contributed by atoms with E-state index in [0.29, 0.717) is 12.1 Å². The van der Waals surface area contributed by atoms with Crippen molar-refractivity contribution in [3.8, 4) is 0 Å². The molecule has 0 spiro atoms. The van der Waals surface area contributed by atoms with Crippen molar-refractivity contribution in [3.63, 3.8) is 0 Å². The predicted molar refractivity (Wildman–Crippen MR) is 78.0 cm³/mol. The summed E-state index contributed by atoms with van der Waals surface area (Å²) in [6.07, 6.45) is 3.62. The van der Waals surface area contributed by atoms with Crippen LogP contribution in [0.1, 0.15) is 31.4 Å². The van der Waals surface area contributed by atoms with Crippen LogP contribution in [0.25, 0.3) is 0 Å². The van der Waals surface area contributed by atoms with Gasteiger partial charge in [0.2, 0.25) is 0 Å². The van der Waals surface area contributed by atoms with Crippen molar-refractivity contribution in [1.29, 1.82) is 0 Å². The van der Waals surface area contributed by atoms with Crippen LogP contribution in [0.2, 0.25) is 0 Å². The fraction of sp³-hybridized carbons (Fsp3) is 0.625. The van der Waals surface area contributed by atoms with E-state index in [-0.39, 0.29) is 0 Å². The van der Waals surface area contributed by atoms with E-state index in [1.807, 2.05) is 0 Å². The third-order valence-corrected chi connectivity index (χ3v) is 4.29. The summed E-state index contributed by atoms with van der Waals surface area (Å²) in [4.78, 5) is 2.44. The fourth-order valence-electron chi connectivity index (χ4n) is 2.68. The molecule has 1 N–H and O–H groups in total. The Balaban J connectivity index is 1.71. The summed E-state index contributed by atoms with van der Waals surface area (Å²) < 4.78 is 0.